The topological polar surface area (TPSA) is 36.4 Å². The van der Waals surface area contributed by atoms with Crippen molar-refractivity contribution in [2.45, 2.75) is 19.9 Å². The molecule has 1 aliphatic heterocycles. The molecule has 1 amide bonds. The lowest BCUT2D eigenvalue weighted by Crippen LogP contribution is -2.35. The number of nitrogens with zero attached hydrogens (tertiary/aromatic N) is 3. The standard InChI is InChI=1S/C23H24FN3O/c1-17-21(14-19-8-9-20(24)15-22(19)25-17)23(28)27-11-5-10-26(12-13-27)16-18-6-3-2-4-7-18/h2-4,6-9,14-15H,5,10-13,16H2,1H3. The Hall–Kier alpha value is -2.79. The van der Waals surface area contributed by atoms with Crippen LogP contribution in [0.3, 0.4) is 0 Å². The largest absolute Gasteiger partial charge is 0.337 e. The lowest BCUT2D eigenvalue weighted by atomic mass is 10.1. The molecular weight excluding hydrogens is 353 g/mol. The highest BCUT2D eigenvalue weighted by Gasteiger charge is 2.22. The van der Waals surface area contributed by atoms with E-state index in [0.29, 0.717) is 23.3 Å². The highest BCUT2D eigenvalue weighted by molar-refractivity contribution is 5.98. The molecule has 0 bridgehead atoms. The lowest BCUT2D eigenvalue weighted by Gasteiger charge is -2.23. The van der Waals surface area contributed by atoms with Gasteiger partial charge in [-0.15, -0.1) is 0 Å². The van der Waals surface area contributed by atoms with E-state index in [1.54, 1.807) is 6.07 Å². The summed E-state index contributed by atoms with van der Waals surface area (Å²) in [6, 6.07) is 16.8. The van der Waals surface area contributed by atoms with Crippen molar-refractivity contribution in [1.29, 1.82) is 0 Å². The van der Waals surface area contributed by atoms with Crippen LogP contribution in [0, 0.1) is 12.7 Å². The third-order valence-electron chi connectivity index (χ3n) is 5.33. The summed E-state index contributed by atoms with van der Waals surface area (Å²) in [4.78, 5) is 21.9. The van der Waals surface area contributed by atoms with Crippen molar-refractivity contribution >= 4 is 16.8 Å². The van der Waals surface area contributed by atoms with Gasteiger partial charge in [-0.3, -0.25) is 14.7 Å². The summed E-state index contributed by atoms with van der Waals surface area (Å²) in [6.45, 7) is 6.00. The Morgan fingerprint density at radius 2 is 1.86 bits per heavy atom. The zero-order valence-corrected chi connectivity index (χ0v) is 16.1. The first-order valence-electron chi connectivity index (χ1n) is 9.72. The summed E-state index contributed by atoms with van der Waals surface area (Å²) in [6.07, 6.45) is 0.948. The van der Waals surface area contributed by atoms with Crippen LogP contribution in [0.5, 0.6) is 0 Å². The van der Waals surface area contributed by atoms with E-state index in [4.69, 9.17) is 0 Å². The number of halogens is 1. The van der Waals surface area contributed by atoms with Crippen LogP contribution in [0.15, 0.2) is 54.6 Å². The van der Waals surface area contributed by atoms with Crippen LogP contribution in [0.25, 0.3) is 10.9 Å². The van der Waals surface area contributed by atoms with E-state index in [2.05, 4.69) is 34.1 Å². The molecule has 144 valence electrons. The molecule has 1 aromatic heterocycles. The van der Waals surface area contributed by atoms with Crippen LogP contribution in [-0.4, -0.2) is 46.9 Å². The number of aryl methyl sites for hydroxylation is 1. The zero-order chi connectivity index (χ0) is 19.5. The Bertz CT molecular complexity index is 990. The van der Waals surface area contributed by atoms with Gasteiger partial charge >= 0.3 is 0 Å². The van der Waals surface area contributed by atoms with Gasteiger partial charge in [0.05, 0.1) is 16.8 Å². The van der Waals surface area contributed by atoms with Crippen molar-refractivity contribution in [3.63, 3.8) is 0 Å². The van der Waals surface area contributed by atoms with Crippen molar-refractivity contribution in [3.8, 4) is 0 Å². The molecule has 2 heterocycles. The van der Waals surface area contributed by atoms with Crippen molar-refractivity contribution in [2.24, 2.45) is 0 Å². The SMILES string of the molecule is Cc1nc2cc(F)ccc2cc1C(=O)N1CCCN(Cc2ccccc2)CC1. The monoisotopic (exact) mass is 377 g/mol. The highest BCUT2D eigenvalue weighted by atomic mass is 19.1. The fourth-order valence-electron chi connectivity index (χ4n) is 3.80. The summed E-state index contributed by atoms with van der Waals surface area (Å²) in [5, 5.41) is 0.788. The molecule has 28 heavy (non-hydrogen) atoms. The van der Waals surface area contributed by atoms with E-state index in [-0.39, 0.29) is 11.7 Å². The van der Waals surface area contributed by atoms with Crippen LogP contribution in [0.1, 0.15) is 28.0 Å². The fraction of sp³-hybridized carbons (Fsp3) is 0.304. The molecule has 0 aliphatic carbocycles. The smallest absolute Gasteiger partial charge is 0.255 e. The minimum absolute atomic E-state index is 0.0118. The number of aromatic nitrogens is 1. The highest BCUT2D eigenvalue weighted by Crippen LogP contribution is 2.20. The number of benzene rings is 2. The quantitative estimate of drug-likeness (QED) is 0.691. The van der Waals surface area contributed by atoms with Crippen LogP contribution < -0.4 is 0 Å². The van der Waals surface area contributed by atoms with Gasteiger partial charge in [0, 0.05) is 44.2 Å². The summed E-state index contributed by atoms with van der Waals surface area (Å²) in [5.41, 5.74) is 3.13. The summed E-state index contributed by atoms with van der Waals surface area (Å²) < 4.78 is 13.4. The summed E-state index contributed by atoms with van der Waals surface area (Å²) in [5.74, 6) is -0.303. The second kappa shape index (κ2) is 8.07. The van der Waals surface area contributed by atoms with E-state index in [0.717, 1.165) is 38.0 Å². The summed E-state index contributed by atoms with van der Waals surface area (Å²) in [7, 11) is 0. The molecule has 1 saturated heterocycles. The van der Waals surface area contributed by atoms with Gasteiger partial charge in [-0.2, -0.15) is 0 Å². The average Bonchev–Trinajstić information content (AvgIpc) is 2.93. The van der Waals surface area contributed by atoms with Crippen molar-refractivity contribution in [1.82, 2.24) is 14.8 Å². The molecule has 2 aromatic carbocycles. The third-order valence-corrected chi connectivity index (χ3v) is 5.33. The molecule has 4 rings (SSSR count). The van der Waals surface area contributed by atoms with Gasteiger partial charge in [0.15, 0.2) is 0 Å². The van der Waals surface area contributed by atoms with Crippen molar-refractivity contribution in [2.75, 3.05) is 26.2 Å². The minimum Gasteiger partial charge on any atom is -0.337 e. The predicted octanol–water partition coefficient (Wildman–Crippen LogP) is 4.03. The van der Waals surface area contributed by atoms with E-state index in [1.165, 1.54) is 17.7 Å². The molecule has 3 aromatic rings. The van der Waals surface area contributed by atoms with Gasteiger partial charge < -0.3 is 4.90 Å². The van der Waals surface area contributed by atoms with Gasteiger partial charge in [0.2, 0.25) is 0 Å². The van der Waals surface area contributed by atoms with E-state index in [1.807, 2.05) is 24.0 Å². The molecule has 0 atom stereocenters. The first kappa shape index (κ1) is 18.6. The third kappa shape index (κ3) is 4.04. The zero-order valence-electron chi connectivity index (χ0n) is 16.1. The Morgan fingerprint density at radius 1 is 1.04 bits per heavy atom. The fourth-order valence-corrected chi connectivity index (χ4v) is 3.80. The second-order valence-electron chi connectivity index (χ2n) is 7.37. The normalized spacial score (nSPS) is 15.6. The average molecular weight is 377 g/mol. The molecule has 0 radical (unpaired) electrons. The molecule has 0 unspecified atom stereocenters. The minimum atomic E-state index is -0.315. The number of fused-ring (bicyclic) bond motifs is 1. The van der Waals surface area contributed by atoms with Crippen molar-refractivity contribution in [3.05, 3.63) is 77.2 Å². The number of carbonyl (C=O) groups is 1. The summed E-state index contributed by atoms with van der Waals surface area (Å²) >= 11 is 0. The predicted molar refractivity (Wildman–Crippen MR) is 109 cm³/mol. The van der Waals surface area contributed by atoms with E-state index in [9.17, 15) is 9.18 Å². The van der Waals surface area contributed by atoms with Crippen LogP contribution in [0.2, 0.25) is 0 Å². The second-order valence-corrected chi connectivity index (χ2v) is 7.37. The maximum absolute atomic E-state index is 13.4. The molecule has 1 fully saturated rings. The van der Waals surface area contributed by atoms with Gasteiger partial charge in [-0.05, 0) is 37.1 Å². The number of pyridine rings is 1. The Labute approximate surface area is 164 Å². The molecule has 1 aliphatic rings. The van der Waals surface area contributed by atoms with E-state index >= 15 is 0 Å². The first-order valence-corrected chi connectivity index (χ1v) is 9.72. The number of carbonyl (C=O) groups excluding carboxylic acids is 1. The number of hydrogen-bond donors (Lipinski definition) is 0. The van der Waals surface area contributed by atoms with Crippen LogP contribution in [-0.2, 0) is 6.54 Å². The molecule has 4 nitrogen and oxygen atoms in total. The number of amides is 1. The van der Waals surface area contributed by atoms with Crippen LogP contribution >= 0.6 is 0 Å². The lowest BCUT2D eigenvalue weighted by molar-refractivity contribution is 0.0760. The van der Waals surface area contributed by atoms with Crippen molar-refractivity contribution < 1.29 is 9.18 Å². The maximum atomic E-state index is 13.4. The van der Waals surface area contributed by atoms with E-state index < -0.39 is 0 Å². The Balaban J connectivity index is 1.48. The molecule has 0 N–H and O–H groups in total. The van der Waals surface area contributed by atoms with Gasteiger partial charge in [-0.25, -0.2) is 4.39 Å². The maximum Gasteiger partial charge on any atom is 0.255 e. The van der Waals surface area contributed by atoms with Crippen LogP contribution in [0.4, 0.5) is 4.39 Å². The molecule has 5 heteroatoms. The Morgan fingerprint density at radius 3 is 2.68 bits per heavy atom. The Kier molecular flexibility index (Phi) is 5.35. The number of rotatable bonds is 3. The van der Waals surface area contributed by atoms with Gasteiger partial charge in [-0.1, -0.05) is 30.3 Å². The van der Waals surface area contributed by atoms with Gasteiger partial charge in [0.1, 0.15) is 5.82 Å². The van der Waals surface area contributed by atoms with Gasteiger partial charge in [0.25, 0.3) is 5.91 Å². The number of hydrogen-bond acceptors (Lipinski definition) is 3. The molecular formula is C23H24FN3O. The molecule has 0 saturated carbocycles. The molecule has 0 spiro atoms. The first-order chi connectivity index (χ1) is 13.6.